The Morgan fingerprint density at radius 3 is 2.57 bits per heavy atom. The molecule has 0 aliphatic heterocycles. The highest BCUT2D eigenvalue weighted by Crippen LogP contribution is 2.11. The van der Waals surface area contributed by atoms with Gasteiger partial charge in [-0.15, -0.1) is 11.6 Å². The molecule has 1 N–H and O–H groups in total. The molecule has 0 aliphatic carbocycles. The molecule has 1 atom stereocenters. The molecular formula is C10H16ClN3. The number of aromatic nitrogens is 2. The van der Waals surface area contributed by atoms with Crippen LogP contribution in [0.1, 0.15) is 26.1 Å². The van der Waals surface area contributed by atoms with Gasteiger partial charge in [-0.2, -0.15) is 0 Å². The van der Waals surface area contributed by atoms with Crippen molar-refractivity contribution in [1.29, 1.82) is 0 Å². The smallest absolute Gasteiger partial charge is 0.141 e. The van der Waals surface area contributed by atoms with E-state index in [1.54, 1.807) is 12.4 Å². The minimum Gasteiger partial charge on any atom is -0.303 e. The zero-order valence-corrected chi connectivity index (χ0v) is 9.38. The molecule has 1 heterocycles. The molecule has 0 amide bonds. The first-order chi connectivity index (χ1) is 6.70. The van der Waals surface area contributed by atoms with Crippen molar-refractivity contribution in [3.63, 3.8) is 0 Å². The Kier molecular flexibility index (Phi) is 4.29. The van der Waals surface area contributed by atoms with E-state index in [2.05, 4.69) is 29.1 Å². The second-order valence-electron chi connectivity index (χ2n) is 3.57. The summed E-state index contributed by atoms with van der Waals surface area (Å²) in [5.74, 6) is 1.40. The molecule has 1 aromatic rings. The van der Waals surface area contributed by atoms with Crippen molar-refractivity contribution >= 4 is 11.6 Å². The van der Waals surface area contributed by atoms with Gasteiger partial charge in [0.2, 0.25) is 0 Å². The van der Waals surface area contributed by atoms with Gasteiger partial charge in [0.25, 0.3) is 0 Å². The van der Waals surface area contributed by atoms with Gasteiger partial charge in [0.05, 0.1) is 6.54 Å². The van der Waals surface area contributed by atoms with Crippen LogP contribution in [0.5, 0.6) is 0 Å². The zero-order valence-electron chi connectivity index (χ0n) is 8.63. The van der Waals surface area contributed by atoms with E-state index in [9.17, 15) is 0 Å². The zero-order chi connectivity index (χ0) is 10.4. The SMILES string of the molecule is CCC(C)(CCl)NCc1ncccn1. The van der Waals surface area contributed by atoms with Crippen LogP contribution in [0.2, 0.25) is 0 Å². The lowest BCUT2D eigenvalue weighted by atomic mass is 10.0. The number of nitrogens with zero attached hydrogens (tertiary/aromatic N) is 2. The van der Waals surface area contributed by atoms with Crippen molar-refractivity contribution < 1.29 is 0 Å². The van der Waals surface area contributed by atoms with Crippen LogP contribution in [0.3, 0.4) is 0 Å². The van der Waals surface area contributed by atoms with Crippen molar-refractivity contribution in [1.82, 2.24) is 15.3 Å². The van der Waals surface area contributed by atoms with Crippen molar-refractivity contribution in [3.8, 4) is 0 Å². The molecule has 3 nitrogen and oxygen atoms in total. The summed E-state index contributed by atoms with van der Waals surface area (Å²) in [7, 11) is 0. The van der Waals surface area contributed by atoms with Gasteiger partial charge in [-0.3, -0.25) is 0 Å². The number of hydrogen-bond donors (Lipinski definition) is 1. The molecule has 1 unspecified atom stereocenters. The van der Waals surface area contributed by atoms with Crippen molar-refractivity contribution in [3.05, 3.63) is 24.3 Å². The second kappa shape index (κ2) is 5.27. The number of nitrogens with one attached hydrogen (secondary N) is 1. The van der Waals surface area contributed by atoms with E-state index in [4.69, 9.17) is 11.6 Å². The van der Waals surface area contributed by atoms with Crippen LogP contribution in [0, 0.1) is 0 Å². The van der Waals surface area contributed by atoms with Crippen LogP contribution in [0.4, 0.5) is 0 Å². The van der Waals surface area contributed by atoms with Crippen LogP contribution in [-0.2, 0) is 6.54 Å². The Morgan fingerprint density at radius 2 is 2.07 bits per heavy atom. The summed E-state index contributed by atoms with van der Waals surface area (Å²) in [5.41, 5.74) is -0.0270. The minimum atomic E-state index is -0.0270. The van der Waals surface area contributed by atoms with Gasteiger partial charge in [0.1, 0.15) is 5.82 Å². The molecule has 1 aromatic heterocycles. The van der Waals surface area contributed by atoms with Crippen LogP contribution in [-0.4, -0.2) is 21.4 Å². The van der Waals surface area contributed by atoms with E-state index in [-0.39, 0.29) is 5.54 Å². The first-order valence-corrected chi connectivity index (χ1v) is 5.30. The average molecular weight is 214 g/mol. The van der Waals surface area contributed by atoms with Gasteiger partial charge in [-0.1, -0.05) is 6.92 Å². The Morgan fingerprint density at radius 1 is 1.43 bits per heavy atom. The lowest BCUT2D eigenvalue weighted by Gasteiger charge is -2.26. The van der Waals surface area contributed by atoms with Gasteiger partial charge in [-0.25, -0.2) is 9.97 Å². The molecule has 4 heteroatoms. The van der Waals surface area contributed by atoms with Crippen LogP contribution in [0.15, 0.2) is 18.5 Å². The standard InChI is InChI=1S/C10H16ClN3/c1-3-10(2,8-11)14-7-9-12-5-4-6-13-9/h4-6,14H,3,7-8H2,1-2H3. The molecule has 0 saturated carbocycles. The molecule has 1 rings (SSSR count). The molecule has 0 fully saturated rings. The minimum absolute atomic E-state index is 0.0270. The molecule has 0 aliphatic rings. The van der Waals surface area contributed by atoms with Crippen molar-refractivity contribution in [2.75, 3.05) is 5.88 Å². The van der Waals surface area contributed by atoms with Gasteiger partial charge in [0.15, 0.2) is 0 Å². The summed E-state index contributed by atoms with van der Waals surface area (Å²) in [5, 5.41) is 3.35. The summed E-state index contributed by atoms with van der Waals surface area (Å²) in [6.45, 7) is 4.88. The Labute approximate surface area is 89.9 Å². The van der Waals surface area contributed by atoms with E-state index >= 15 is 0 Å². The fourth-order valence-corrected chi connectivity index (χ4v) is 1.26. The van der Waals surface area contributed by atoms with Crippen LogP contribution >= 0.6 is 11.6 Å². The van der Waals surface area contributed by atoms with E-state index < -0.39 is 0 Å². The lowest BCUT2D eigenvalue weighted by Crippen LogP contribution is -2.43. The van der Waals surface area contributed by atoms with Gasteiger partial charge < -0.3 is 5.32 Å². The molecular weight excluding hydrogens is 198 g/mol. The number of hydrogen-bond acceptors (Lipinski definition) is 3. The van der Waals surface area contributed by atoms with Gasteiger partial charge in [-0.05, 0) is 19.4 Å². The van der Waals surface area contributed by atoms with Crippen molar-refractivity contribution in [2.24, 2.45) is 0 Å². The number of halogens is 1. The molecule has 0 saturated heterocycles. The maximum atomic E-state index is 5.87. The largest absolute Gasteiger partial charge is 0.303 e. The molecule has 0 aromatic carbocycles. The van der Waals surface area contributed by atoms with E-state index in [1.165, 1.54) is 0 Å². The quantitative estimate of drug-likeness (QED) is 0.761. The number of rotatable bonds is 5. The summed E-state index contributed by atoms with van der Waals surface area (Å²) < 4.78 is 0. The molecule has 78 valence electrons. The fourth-order valence-electron chi connectivity index (χ4n) is 0.980. The third-order valence-corrected chi connectivity index (χ3v) is 2.96. The Bertz CT molecular complexity index is 259. The van der Waals surface area contributed by atoms with Gasteiger partial charge >= 0.3 is 0 Å². The normalized spacial score (nSPS) is 15.1. The fraction of sp³-hybridized carbons (Fsp3) is 0.600. The summed E-state index contributed by atoms with van der Waals surface area (Å²) in [4.78, 5) is 8.27. The highest BCUT2D eigenvalue weighted by Gasteiger charge is 2.19. The predicted molar refractivity (Wildman–Crippen MR) is 58.3 cm³/mol. The second-order valence-corrected chi connectivity index (χ2v) is 3.83. The van der Waals surface area contributed by atoms with E-state index in [1.807, 2.05) is 6.07 Å². The van der Waals surface area contributed by atoms with Crippen molar-refractivity contribution in [2.45, 2.75) is 32.4 Å². The molecule has 0 bridgehead atoms. The summed E-state index contributed by atoms with van der Waals surface area (Å²) in [6, 6.07) is 1.81. The Hall–Kier alpha value is -0.670. The van der Waals surface area contributed by atoms with E-state index in [0.717, 1.165) is 12.2 Å². The first kappa shape index (κ1) is 11.4. The first-order valence-electron chi connectivity index (χ1n) is 4.77. The summed E-state index contributed by atoms with van der Waals surface area (Å²) in [6.07, 6.45) is 4.48. The topological polar surface area (TPSA) is 37.8 Å². The lowest BCUT2D eigenvalue weighted by molar-refractivity contribution is 0.374. The highest BCUT2D eigenvalue weighted by atomic mass is 35.5. The Balaban J connectivity index is 2.48. The van der Waals surface area contributed by atoms with E-state index in [0.29, 0.717) is 12.4 Å². The van der Waals surface area contributed by atoms with Gasteiger partial charge in [0, 0.05) is 23.8 Å². The molecule has 14 heavy (non-hydrogen) atoms. The maximum absolute atomic E-state index is 5.87. The predicted octanol–water partition coefficient (Wildman–Crippen LogP) is 1.97. The molecule has 0 spiro atoms. The average Bonchev–Trinajstić information content (AvgIpc) is 2.27. The molecule has 0 radical (unpaired) electrons. The van der Waals surface area contributed by atoms with Crippen LogP contribution in [0.25, 0.3) is 0 Å². The number of alkyl halides is 1. The van der Waals surface area contributed by atoms with Crippen LogP contribution < -0.4 is 5.32 Å². The highest BCUT2D eigenvalue weighted by molar-refractivity contribution is 6.18. The third kappa shape index (κ3) is 3.24. The summed E-state index contributed by atoms with van der Waals surface area (Å²) >= 11 is 5.87. The third-order valence-electron chi connectivity index (χ3n) is 2.37. The monoisotopic (exact) mass is 213 g/mol. The maximum Gasteiger partial charge on any atom is 0.141 e.